The number of anilines is 1. The second-order valence-electron chi connectivity index (χ2n) is 7.42. The number of methoxy groups -OCH3 is 3. The largest absolute Gasteiger partial charge is 0.497 e. The van der Waals surface area contributed by atoms with Crippen LogP contribution in [0.1, 0.15) is 10.4 Å². The zero-order valence-electron chi connectivity index (χ0n) is 19.6. The first-order chi connectivity index (χ1) is 17.4. The van der Waals surface area contributed by atoms with Crippen LogP contribution in [0.2, 0.25) is 5.02 Å². The molecule has 0 aliphatic heterocycles. The first-order valence-electron chi connectivity index (χ1n) is 10.7. The number of pyridine rings is 1. The molecule has 0 spiro atoms. The molecule has 2 N–H and O–H groups in total. The smallest absolute Gasteiger partial charge is 0.257 e. The molecular weight excluding hydrogens is 502 g/mol. The van der Waals surface area contributed by atoms with E-state index in [1.807, 2.05) is 0 Å². The number of hydrogen-bond acceptors (Lipinski definition) is 7. The fourth-order valence-electron chi connectivity index (χ4n) is 3.40. The topological polar surface area (TPSA) is 90.9 Å². The summed E-state index contributed by atoms with van der Waals surface area (Å²) in [6.07, 6.45) is 1.64. The quantitative estimate of drug-likeness (QED) is 0.292. The van der Waals surface area contributed by atoms with Gasteiger partial charge in [-0.25, -0.2) is 0 Å². The van der Waals surface area contributed by atoms with Gasteiger partial charge in [-0.15, -0.1) is 0 Å². The molecule has 0 aliphatic carbocycles. The van der Waals surface area contributed by atoms with Gasteiger partial charge in [0.15, 0.2) is 16.6 Å². The summed E-state index contributed by atoms with van der Waals surface area (Å²) in [4.78, 5) is 16.8. The number of fused-ring (bicyclic) bond motifs is 1. The fourth-order valence-corrected chi connectivity index (χ4v) is 3.83. The summed E-state index contributed by atoms with van der Waals surface area (Å²) < 4.78 is 21.9. The Bertz CT molecular complexity index is 1430. The van der Waals surface area contributed by atoms with Crippen LogP contribution in [0.4, 0.5) is 5.69 Å². The summed E-state index contributed by atoms with van der Waals surface area (Å²) in [6, 6.07) is 17.1. The molecule has 0 aliphatic rings. The van der Waals surface area contributed by atoms with Gasteiger partial charge in [0.1, 0.15) is 17.2 Å². The number of nitrogens with zero attached hydrogens (tertiary/aromatic N) is 1. The van der Waals surface area contributed by atoms with Crippen LogP contribution in [-0.4, -0.2) is 37.3 Å². The molecule has 0 saturated heterocycles. The lowest BCUT2D eigenvalue weighted by molar-refractivity contribution is 0.0977. The van der Waals surface area contributed by atoms with E-state index in [2.05, 4.69) is 15.6 Å². The minimum atomic E-state index is -0.349. The second kappa shape index (κ2) is 11.1. The number of hydrogen-bond donors (Lipinski definition) is 2. The van der Waals surface area contributed by atoms with Crippen molar-refractivity contribution in [3.8, 4) is 28.7 Å². The van der Waals surface area contributed by atoms with Gasteiger partial charge >= 0.3 is 0 Å². The van der Waals surface area contributed by atoms with Gasteiger partial charge in [0, 0.05) is 28.9 Å². The van der Waals surface area contributed by atoms with Crippen molar-refractivity contribution in [1.82, 2.24) is 10.3 Å². The van der Waals surface area contributed by atoms with Crippen molar-refractivity contribution >= 4 is 51.4 Å². The molecule has 36 heavy (non-hydrogen) atoms. The van der Waals surface area contributed by atoms with E-state index < -0.39 is 0 Å². The molecule has 1 heterocycles. The standard InChI is InChI=1S/C26H22ClN3O5S/c1-32-17-7-4-15(5-8-17)25(31)30-26(36)29-16-6-9-22(19(27)12-16)35-21-10-11-28-20-14-24(34-3)23(33-2)13-18(20)21/h4-14H,1-3H3,(H2,29,30,31,36). The maximum absolute atomic E-state index is 12.4. The van der Waals surface area contributed by atoms with Crippen molar-refractivity contribution in [3.05, 3.63) is 77.4 Å². The highest BCUT2D eigenvalue weighted by atomic mass is 35.5. The summed E-state index contributed by atoms with van der Waals surface area (Å²) >= 11 is 11.8. The van der Waals surface area contributed by atoms with Gasteiger partial charge in [-0.1, -0.05) is 11.6 Å². The van der Waals surface area contributed by atoms with Gasteiger partial charge in [-0.3, -0.25) is 15.1 Å². The minimum Gasteiger partial charge on any atom is -0.497 e. The van der Waals surface area contributed by atoms with Crippen molar-refractivity contribution in [2.75, 3.05) is 26.6 Å². The van der Waals surface area contributed by atoms with E-state index in [-0.39, 0.29) is 11.0 Å². The third-order valence-corrected chi connectivity index (χ3v) is 5.70. The number of benzene rings is 3. The van der Waals surface area contributed by atoms with E-state index in [0.717, 1.165) is 5.39 Å². The highest BCUT2D eigenvalue weighted by molar-refractivity contribution is 7.80. The van der Waals surface area contributed by atoms with Gasteiger partial charge in [0.25, 0.3) is 5.91 Å². The van der Waals surface area contributed by atoms with Crippen LogP contribution in [0, 0.1) is 0 Å². The zero-order chi connectivity index (χ0) is 25.7. The molecule has 4 rings (SSSR count). The molecule has 4 aromatic rings. The molecule has 0 radical (unpaired) electrons. The van der Waals surface area contributed by atoms with Crippen LogP contribution in [0.3, 0.4) is 0 Å². The second-order valence-corrected chi connectivity index (χ2v) is 8.23. The average Bonchev–Trinajstić information content (AvgIpc) is 2.89. The van der Waals surface area contributed by atoms with Crippen molar-refractivity contribution in [2.45, 2.75) is 0 Å². The number of amides is 1. The van der Waals surface area contributed by atoms with Crippen LogP contribution in [0.25, 0.3) is 10.9 Å². The highest BCUT2D eigenvalue weighted by Gasteiger charge is 2.14. The van der Waals surface area contributed by atoms with Gasteiger partial charge in [-0.05, 0) is 66.8 Å². The number of carbonyl (C=O) groups excluding carboxylic acids is 1. The van der Waals surface area contributed by atoms with Crippen molar-refractivity contribution in [1.29, 1.82) is 0 Å². The number of rotatable bonds is 7. The number of carbonyl (C=O) groups is 1. The molecule has 0 bridgehead atoms. The lowest BCUT2D eigenvalue weighted by atomic mass is 10.2. The Morgan fingerprint density at radius 3 is 2.25 bits per heavy atom. The number of thiocarbonyl (C=S) groups is 1. The first kappa shape index (κ1) is 25.0. The SMILES string of the molecule is COc1ccc(C(=O)NC(=S)Nc2ccc(Oc3ccnc4cc(OC)c(OC)cc34)c(Cl)c2)cc1. The summed E-state index contributed by atoms with van der Waals surface area (Å²) in [7, 11) is 4.69. The molecule has 184 valence electrons. The van der Waals surface area contributed by atoms with E-state index in [1.54, 1.807) is 88.2 Å². The predicted octanol–water partition coefficient (Wildman–Crippen LogP) is 5.83. The summed E-state index contributed by atoms with van der Waals surface area (Å²) in [5, 5.41) is 6.78. The molecule has 1 aromatic heterocycles. The van der Waals surface area contributed by atoms with E-state index in [0.29, 0.717) is 50.5 Å². The van der Waals surface area contributed by atoms with Crippen molar-refractivity contribution in [3.63, 3.8) is 0 Å². The molecule has 0 unspecified atom stereocenters. The van der Waals surface area contributed by atoms with Gasteiger partial charge < -0.3 is 24.3 Å². The number of nitrogens with one attached hydrogen (secondary N) is 2. The molecule has 3 aromatic carbocycles. The molecule has 10 heteroatoms. The molecule has 1 amide bonds. The Hall–Kier alpha value is -4.08. The Morgan fingerprint density at radius 2 is 1.58 bits per heavy atom. The summed E-state index contributed by atoms with van der Waals surface area (Å²) in [6.45, 7) is 0. The molecular formula is C26H22ClN3O5S. The van der Waals surface area contributed by atoms with Crippen LogP contribution < -0.4 is 29.6 Å². The van der Waals surface area contributed by atoms with Gasteiger partial charge in [-0.2, -0.15) is 0 Å². The fraction of sp³-hybridized carbons (Fsp3) is 0.115. The van der Waals surface area contributed by atoms with Crippen LogP contribution in [0.15, 0.2) is 66.9 Å². The van der Waals surface area contributed by atoms with Crippen molar-refractivity contribution < 1.29 is 23.7 Å². The van der Waals surface area contributed by atoms with E-state index in [1.165, 1.54) is 0 Å². The maximum atomic E-state index is 12.4. The third kappa shape index (κ3) is 5.59. The molecule has 0 atom stereocenters. The van der Waals surface area contributed by atoms with Gasteiger partial charge in [0.05, 0.1) is 31.9 Å². The lowest BCUT2D eigenvalue weighted by Gasteiger charge is -2.14. The van der Waals surface area contributed by atoms with Crippen LogP contribution in [0.5, 0.6) is 28.7 Å². The Morgan fingerprint density at radius 1 is 0.861 bits per heavy atom. The molecule has 0 fully saturated rings. The lowest BCUT2D eigenvalue weighted by Crippen LogP contribution is -2.34. The summed E-state index contributed by atoms with van der Waals surface area (Å²) in [5.74, 6) is 2.40. The van der Waals surface area contributed by atoms with Gasteiger partial charge in [0.2, 0.25) is 0 Å². The normalized spacial score (nSPS) is 10.4. The monoisotopic (exact) mass is 523 g/mol. The number of ether oxygens (including phenoxy) is 4. The molecule has 0 saturated carbocycles. The maximum Gasteiger partial charge on any atom is 0.257 e. The number of halogens is 1. The third-order valence-electron chi connectivity index (χ3n) is 5.20. The van der Waals surface area contributed by atoms with Crippen LogP contribution in [-0.2, 0) is 0 Å². The van der Waals surface area contributed by atoms with E-state index in [4.69, 9.17) is 42.8 Å². The van der Waals surface area contributed by atoms with Crippen LogP contribution >= 0.6 is 23.8 Å². The summed E-state index contributed by atoms with van der Waals surface area (Å²) in [5.41, 5.74) is 1.71. The first-order valence-corrected chi connectivity index (χ1v) is 11.4. The average molecular weight is 524 g/mol. The zero-order valence-corrected chi connectivity index (χ0v) is 21.2. The highest BCUT2D eigenvalue weighted by Crippen LogP contribution is 2.38. The Kier molecular flexibility index (Phi) is 7.72. The van der Waals surface area contributed by atoms with E-state index >= 15 is 0 Å². The predicted molar refractivity (Wildman–Crippen MR) is 143 cm³/mol. The Labute approximate surface area is 218 Å². The van der Waals surface area contributed by atoms with Crippen molar-refractivity contribution in [2.24, 2.45) is 0 Å². The Balaban J connectivity index is 1.47. The van der Waals surface area contributed by atoms with E-state index in [9.17, 15) is 4.79 Å². The molecule has 8 nitrogen and oxygen atoms in total. The minimum absolute atomic E-state index is 0.127. The number of aromatic nitrogens is 1.